The van der Waals surface area contributed by atoms with E-state index in [-0.39, 0.29) is 0 Å². The van der Waals surface area contributed by atoms with Gasteiger partial charge in [-0.1, -0.05) is 12.1 Å². The Morgan fingerprint density at radius 2 is 1.95 bits per heavy atom. The zero-order valence-corrected chi connectivity index (χ0v) is 10.1. The second-order valence-electron chi connectivity index (χ2n) is 4.61. The van der Waals surface area contributed by atoms with Crippen molar-refractivity contribution in [1.29, 1.82) is 0 Å². The molecule has 0 fully saturated rings. The van der Waals surface area contributed by atoms with E-state index >= 15 is 0 Å². The van der Waals surface area contributed by atoms with Crippen molar-refractivity contribution in [1.82, 2.24) is 9.97 Å². The lowest BCUT2D eigenvalue weighted by atomic mass is 10.1. The van der Waals surface area contributed by atoms with Crippen LogP contribution in [0.2, 0.25) is 0 Å². The number of hydrogen-bond donors (Lipinski definition) is 1. The normalized spacial score (nSPS) is 11.4. The van der Waals surface area contributed by atoms with Crippen LogP contribution in [0, 0.1) is 0 Å². The number of hydrogen-bond acceptors (Lipinski definition) is 2. The third-order valence-electron chi connectivity index (χ3n) is 3.49. The van der Waals surface area contributed by atoms with Gasteiger partial charge in [-0.3, -0.25) is 9.78 Å². The molecule has 2 heterocycles. The fourth-order valence-corrected chi connectivity index (χ4v) is 2.62. The van der Waals surface area contributed by atoms with Gasteiger partial charge in [0.2, 0.25) is 0 Å². The second kappa shape index (κ2) is 3.65. The van der Waals surface area contributed by atoms with Gasteiger partial charge < -0.3 is 4.98 Å². The van der Waals surface area contributed by atoms with E-state index in [1.165, 1.54) is 0 Å². The number of carbonyl (C=O) groups is 1. The number of pyridine rings is 1. The average Bonchev–Trinajstić information content (AvgIpc) is 2.85. The van der Waals surface area contributed by atoms with Crippen molar-refractivity contribution in [2.45, 2.75) is 0 Å². The van der Waals surface area contributed by atoms with E-state index in [1.54, 1.807) is 6.20 Å². The summed E-state index contributed by atoms with van der Waals surface area (Å²) in [6, 6.07) is 13.8. The van der Waals surface area contributed by atoms with Crippen molar-refractivity contribution >= 4 is 39.0 Å². The molecule has 0 unspecified atom stereocenters. The molecule has 0 atom stereocenters. The Morgan fingerprint density at radius 1 is 1.05 bits per heavy atom. The molecule has 3 heteroatoms. The molecular formula is C16H10N2O. The maximum Gasteiger partial charge on any atom is 0.150 e. The molecular weight excluding hydrogens is 236 g/mol. The van der Waals surface area contributed by atoms with E-state index in [9.17, 15) is 4.79 Å². The fourth-order valence-electron chi connectivity index (χ4n) is 2.62. The number of benzene rings is 2. The Balaban J connectivity index is 2.30. The largest absolute Gasteiger partial charge is 0.354 e. The van der Waals surface area contributed by atoms with Gasteiger partial charge in [0.05, 0.1) is 5.52 Å². The lowest BCUT2D eigenvalue weighted by Crippen LogP contribution is -1.80. The van der Waals surface area contributed by atoms with Crippen LogP contribution in [0.4, 0.5) is 0 Å². The maximum absolute atomic E-state index is 10.9. The van der Waals surface area contributed by atoms with Gasteiger partial charge in [-0.2, -0.15) is 0 Å². The van der Waals surface area contributed by atoms with E-state index < -0.39 is 0 Å². The minimum absolute atomic E-state index is 0.682. The quantitative estimate of drug-likeness (QED) is 0.521. The predicted octanol–water partition coefficient (Wildman–Crippen LogP) is 3.68. The molecule has 0 aliphatic carbocycles. The van der Waals surface area contributed by atoms with E-state index in [4.69, 9.17) is 0 Å². The van der Waals surface area contributed by atoms with E-state index in [0.717, 1.165) is 39.0 Å². The van der Waals surface area contributed by atoms with Gasteiger partial charge in [0, 0.05) is 39.0 Å². The van der Waals surface area contributed by atoms with Crippen LogP contribution < -0.4 is 0 Å². The summed E-state index contributed by atoms with van der Waals surface area (Å²) in [5.74, 6) is 0. The Bertz CT molecular complexity index is 937. The first-order valence-corrected chi connectivity index (χ1v) is 6.11. The molecule has 0 saturated carbocycles. The standard InChI is InChI=1S/C16H10N2O/c19-9-10-3-5-13-12(8-10)15-14(18-13)6-4-11-2-1-7-17-16(11)15/h1-9,18H. The van der Waals surface area contributed by atoms with Crippen molar-refractivity contribution in [3.63, 3.8) is 0 Å². The van der Waals surface area contributed by atoms with Crippen molar-refractivity contribution in [3.8, 4) is 0 Å². The number of aromatic nitrogens is 2. The maximum atomic E-state index is 10.9. The highest BCUT2D eigenvalue weighted by molar-refractivity contribution is 6.19. The number of aldehydes is 1. The minimum Gasteiger partial charge on any atom is -0.354 e. The molecule has 19 heavy (non-hydrogen) atoms. The van der Waals surface area contributed by atoms with Gasteiger partial charge >= 0.3 is 0 Å². The van der Waals surface area contributed by atoms with Crippen LogP contribution in [0.5, 0.6) is 0 Å². The third kappa shape index (κ3) is 1.38. The zero-order chi connectivity index (χ0) is 12.8. The first-order chi connectivity index (χ1) is 9.36. The predicted molar refractivity (Wildman–Crippen MR) is 76.5 cm³/mol. The Hall–Kier alpha value is -2.68. The van der Waals surface area contributed by atoms with Gasteiger partial charge in [-0.05, 0) is 30.3 Å². The Labute approximate surface area is 108 Å². The number of rotatable bonds is 1. The smallest absolute Gasteiger partial charge is 0.150 e. The summed E-state index contributed by atoms with van der Waals surface area (Å²) in [4.78, 5) is 18.8. The molecule has 3 nitrogen and oxygen atoms in total. The fraction of sp³-hybridized carbons (Fsp3) is 0. The minimum atomic E-state index is 0.682. The number of fused-ring (bicyclic) bond motifs is 5. The van der Waals surface area contributed by atoms with E-state index in [2.05, 4.69) is 22.1 Å². The number of nitrogens with zero attached hydrogens (tertiary/aromatic N) is 1. The third-order valence-corrected chi connectivity index (χ3v) is 3.49. The Kier molecular flexibility index (Phi) is 1.97. The van der Waals surface area contributed by atoms with Gasteiger partial charge in [0.15, 0.2) is 0 Å². The summed E-state index contributed by atoms with van der Waals surface area (Å²) in [6.07, 6.45) is 2.67. The monoisotopic (exact) mass is 246 g/mol. The average molecular weight is 246 g/mol. The van der Waals surface area contributed by atoms with Crippen molar-refractivity contribution in [2.24, 2.45) is 0 Å². The van der Waals surface area contributed by atoms with Crippen molar-refractivity contribution in [3.05, 3.63) is 54.2 Å². The molecule has 0 spiro atoms. The molecule has 90 valence electrons. The molecule has 0 bridgehead atoms. The van der Waals surface area contributed by atoms with Gasteiger partial charge in [0.1, 0.15) is 6.29 Å². The molecule has 2 aromatic heterocycles. The summed E-state index contributed by atoms with van der Waals surface area (Å²) >= 11 is 0. The van der Waals surface area contributed by atoms with Gasteiger partial charge in [0.25, 0.3) is 0 Å². The second-order valence-corrected chi connectivity index (χ2v) is 4.61. The topological polar surface area (TPSA) is 45.8 Å². The van der Waals surface area contributed by atoms with Gasteiger partial charge in [-0.15, -0.1) is 0 Å². The first-order valence-electron chi connectivity index (χ1n) is 6.11. The molecule has 1 N–H and O–H groups in total. The highest BCUT2D eigenvalue weighted by atomic mass is 16.1. The molecule has 4 aromatic rings. The molecule has 0 aliphatic rings. The van der Waals surface area contributed by atoms with Crippen LogP contribution in [-0.2, 0) is 0 Å². The molecule has 0 saturated heterocycles. The lowest BCUT2D eigenvalue weighted by Gasteiger charge is -1.99. The van der Waals surface area contributed by atoms with Crippen molar-refractivity contribution in [2.75, 3.05) is 0 Å². The van der Waals surface area contributed by atoms with Crippen LogP contribution >= 0.6 is 0 Å². The summed E-state index contributed by atoms with van der Waals surface area (Å²) in [7, 11) is 0. The highest BCUT2D eigenvalue weighted by Crippen LogP contribution is 2.31. The van der Waals surface area contributed by atoms with Crippen LogP contribution in [0.3, 0.4) is 0 Å². The van der Waals surface area contributed by atoms with Crippen LogP contribution in [0.25, 0.3) is 32.7 Å². The van der Waals surface area contributed by atoms with Gasteiger partial charge in [-0.25, -0.2) is 0 Å². The first kappa shape index (κ1) is 10.3. The van der Waals surface area contributed by atoms with Crippen LogP contribution in [0.15, 0.2) is 48.7 Å². The summed E-state index contributed by atoms with van der Waals surface area (Å²) in [5, 5.41) is 3.23. The lowest BCUT2D eigenvalue weighted by molar-refractivity contribution is 0.112. The number of aromatic amines is 1. The van der Waals surface area contributed by atoms with E-state index in [1.807, 2.05) is 30.3 Å². The summed E-state index contributed by atoms with van der Waals surface area (Å²) in [5.41, 5.74) is 3.72. The molecule has 4 rings (SSSR count). The SMILES string of the molecule is O=Cc1ccc2[nH]c3ccc4cccnc4c3c2c1. The molecule has 0 radical (unpaired) electrons. The van der Waals surface area contributed by atoms with Crippen LogP contribution in [-0.4, -0.2) is 16.3 Å². The molecule has 0 aliphatic heterocycles. The van der Waals surface area contributed by atoms with Crippen molar-refractivity contribution < 1.29 is 4.79 Å². The summed E-state index contributed by atoms with van der Waals surface area (Å²) < 4.78 is 0. The number of H-pyrrole nitrogens is 1. The number of nitrogens with one attached hydrogen (secondary N) is 1. The Morgan fingerprint density at radius 3 is 2.84 bits per heavy atom. The zero-order valence-electron chi connectivity index (χ0n) is 10.1. The number of carbonyl (C=O) groups excluding carboxylic acids is 1. The highest BCUT2D eigenvalue weighted by Gasteiger charge is 2.09. The molecule has 2 aromatic carbocycles. The summed E-state index contributed by atoms with van der Waals surface area (Å²) in [6.45, 7) is 0. The van der Waals surface area contributed by atoms with Crippen LogP contribution in [0.1, 0.15) is 10.4 Å². The van der Waals surface area contributed by atoms with E-state index in [0.29, 0.717) is 5.56 Å². The molecule has 0 amide bonds.